The molecule has 0 saturated heterocycles. The van der Waals surface area contributed by atoms with E-state index in [2.05, 4.69) is 13.8 Å². The van der Waals surface area contributed by atoms with Crippen molar-refractivity contribution in [2.45, 2.75) is 52.4 Å². The third kappa shape index (κ3) is 2.02. The van der Waals surface area contributed by atoms with Gasteiger partial charge in [-0.1, -0.05) is 13.8 Å². The first-order valence-corrected chi connectivity index (χ1v) is 6.18. The van der Waals surface area contributed by atoms with E-state index >= 15 is 0 Å². The first-order chi connectivity index (χ1) is 6.66. The van der Waals surface area contributed by atoms with Crippen molar-refractivity contribution in [2.75, 3.05) is 0 Å². The lowest BCUT2D eigenvalue weighted by Gasteiger charge is -2.40. The maximum absolute atomic E-state index is 11.3. The van der Waals surface area contributed by atoms with Crippen LogP contribution in [-0.2, 0) is 4.79 Å². The molecular formula is C13H22O. The van der Waals surface area contributed by atoms with E-state index in [9.17, 15) is 4.79 Å². The molecule has 1 nitrogen and oxygen atoms in total. The quantitative estimate of drug-likeness (QED) is 0.625. The zero-order chi connectivity index (χ0) is 10.1. The number of hydrogen-bond donors (Lipinski definition) is 0. The van der Waals surface area contributed by atoms with Gasteiger partial charge in [-0.15, -0.1) is 0 Å². The van der Waals surface area contributed by atoms with Gasteiger partial charge in [-0.05, 0) is 49.4 Å². The Kier molecular flexibility index (Phi) is 2.94. The van der Waals surface area contributed by atoms with Crippen LogP contribution < -0.4 is 0 Å². The first-order valence-electron chi connectivity index (χ1n) is 6.18. The predicted molar refractivity (Wildman–Crippen MR) is 58.0 cm³/mol. The Balaban J connectivity index is 1.94. The molecule has 0 aliphatic heterocycles. The van der Waals surface area contributed by atoms with Gasteiger partial charge in [-0.2, -0.15) is 0 Å². The maximum atomic E-state index is 11.3. The zero-order valence-electron chi connectivity index (χ0n) is 9.46. The fraction of sp³-hybridized carbons (Fsp3) is 0.923. The molecule has 0 aromatic rings. The summed E-state index contributed by atoms with van der Waals surface area (Å²) in [6.45, 7) is 4.69. The van der Waals surface area contributed by atoms with Gasteiger partial charge >= 0.3 is 0 Å². The van der Waals surface area contributed by atoms with Crippen LogP contribution in [0.4, 0.5) is 0 Å². The van der Waals surface area contributed by atoms with E-state index in [1.54, 1.807) is 0 Å². The normalized spacial score (nSPS) is 38.5. The lowest BCUT2D eigenvalue weighted by Crippen LogP contribution is -2.32. The smallest absolute Gasteiger partial charge is 0.133 e. The van der Waals surface area contributed by atoms with Crippen LogP contribution in [-0.4, -0.2) is 5.78 Å². The van der Waals surface area contributed by atoms with E-state index in [0.29, 0.717) is 5.78 Å². The fourth-order valence-electron chi connectivity index (χ4n) is 3.33. The second-order valence-corrected chi connectivity index (χ2v) is 5.62. The number of hydrogen-bond acceptors (Lipinski definition) is 1. The highest BCUT2D eigenvalue weighted by Crippen LogP contribution is 2.43. The Morgan fingerprint density at radius 1 is 1.14 bits per heavy atom. The minimum Gasteiger partial charge on any atom is -0.300 e. The van der Waals surface area contributed by atoms with Crippen LogP contribution in [0, 0.1) is 23.7 Å². The van der Waals surface area contributed by atoms with Gasteiger partial charge in [0, 0.05) is 12.8 Å². The molecule has 3 atom stereocenters. The Morgan fingerprint density at radius 3 is 2.64 bits per heavy atom. The maximum Gasteiger partial charge on any atom is 0.133 e. The minimum atomic E-state index is 0.522. The Labute approximate surface area is 87.3 Å². The molecule has 2 saturated carbocycles. The lowest BCUT2D eigenvalue weighted by molar-refractivity contribution is -0.123. The Hall–Kier alpha value is -0.330. The van der Waals surface area contributed by atoms with Crippen LogP contribution in [0.1, 0.15) is 52.4 Å². The number of rotatable bonds is 1. The summed E-state index contributed by atoms with van der Waals surface area (Å²) >= 11 is 0. The summed E-state index contributed by atoms with van der Waals surface area (Å²) in [5, 5.41) is 0. The third-order valence-corrected chi connectivity index (χ3v) is 4.41. The molecule has 2 aliphatic rings. The number of carbonyl (C=O) groups excluding carboxylic acids is 1. The van der Waals surface area contributed by atoms with Crippen molar-refractivity contribution in [1.29, 1.82) is 0 Å². The highest BCUT2D eigenvalue weighted by molar-refractivity contribution is 5.79. The van der Waals surface area contributed by atoms with E-state index in [-0.39, 0.29) is 0 Å². The van der Waals surface area contributed by atoms with Gasteiger partial charge < -0.3 is 0 Å². The molecule has 2 rings (SSSR count). The minimum absolute atomic E-state index is 0.522. The van der Waals surface area contributed by atoms with Crippen molar-refractivity contribution in [3.05, 3.63) is 0 Å². The van der Waals surface area contributed by atoms with Gasteiger partial charge in [-0.25, -0.2) is 0 Å². The van der Waals surface area contributed by atoms with Crippen LogP contribution in [0.3, 0.4) is 0 Å². The summed E-state index contributed by atoms with van der Waals surface area (Å²) in [4.78, 5) is 11.3. The molecule has 0 N–H and O–H groups in total. The van der Waals surface area contributed by atoms with Crippen molar-refractivity contribution < 1.29 is 4.79 Å². The van der Waals surface area contributed by atoms with Crippen molar-refractivity contribution in [3.8, 4) is 0 Å². The highest BCUT2D eigenvalue weighted by Gasteiger charge is 2.35. The van der Waals surface area contributed by atoms with E-state index in [4.69, 9.17) is 0 Å². The SMILES string of the molecule is CC(C)C1CC[C@@H]2CC(=O)CC[C@@H]2C1. The Morgan fingerprint density at radius 2 is 1.93 bits per heavy atom. The van der Waals surface area contributed by atoms with Crippen molar-refractivity contribution in [1.82, 2.24) is 0 Å². The first kappa shape index (κ1) is 10.2. The summed E-state index contributed by atoms with van der Waals surface area (Å²) in [6, 6.07) is 0. The molecule has 0 amide bonds. The molecule has 2 aliphatic carbocycles. The highest BCUT2D eigenvalue weighted by atomic mass is 16.1. The second-order valence-electron chi connectivity index (χ2n) is 5.62. The molecule has 1 unspecified atom stereocenters. The molecule has 14 heavy (non-hydrogen) atoms. The average molecular weight is 194 g/mol. The van der Waals surface area contributed by atoms with Gasteiger partial charge in [0.1, 0.15) is 5.78 Å². The van der Waals surface area contributed by atoms with E-state index < -0.39 is 0 Å². The summed E-state index contributed by atoms with van der Waals surface area (Å²) < 4.78 is 0. The predicted octanol–water partition coefficient (Wildman–Crippen LogP) is 3.43. The third-order valence-electron chi connectivity index (χ3n) is 4.41. The topological polar surface area (TPSA) is 17.1 Å². The molecule has 80 valence electrons. The summed E-state index contributed by atoms with van der Waals surface area (Å²) in [6.07, 6.45) is 7.04. The molecule has 0 bridgehead atoms. The average Bonchev–Trinajstić information content (AvgIpc) is 2.16. The molecule has 0 aromatic carbocycles. The van der Waals surface area contributed by atoms with Crippen LogP contribution in [0.15, 0.2) is 0 Å². The molecule has 1 heteroatoms. The fourth-order valence-corrected chi connectivity index (χ4v) is 3.33. The van der Waals surface area contributed by atoms with Gasteiger partial charge in [0.05, 0.1) is 0 Å². The van der Waals surface area contributed by atoms with E-state index in [1.165, 1.54) is 25.7 Å². The van der Waals surface area contributed by atoms with Crippen molar-refractivity contribution >= 4 is 5.78 Å². The number of carbonyl (C=O) groups is 1. The van der Waals surface area contributed by atoms with Crippen LogP contribution in [0.25, 0.3) is 0 Å². The largest absolute Gasteiger partial charge is 0.300 e. The van der Waals surface area contributed by atoms with E-state index in [0.717, 1.165) is 36.5 Å². The second kappa shape index (κ2) is 4.04. The molecule has 0 aromatic heterocycles. The van der Waals surface area contributed by atoms with Crippen LogP contribution in [0.2, 0.25) is 0 Å². The number of fused-ring (bicyclic) bond motifs is 1. The molecule has 0 radical (unpaired) electrons. The van der Waals surface area contributed by atoms with Crippen molar-refractivity contribution in [3.63, 3.8) is 0 Å². The molecular weight excluding hydrogens is 172 g/mol. The molecule has 2 fully saturated rings. The molecule has 0 spiro atoms. The van der Waals surface area contributed by atoms with Crippen LogP contribution >= 0.6 is 0 Å². The summed E-state index contributed by atoms with van der Waals surface area (Å²) in [5.74, 6) is 3.94. The van der Waals surface area contributed by atoms with E-state index in [1.807, 2.05) is 0 Å². The van der Waals surface area contributed by atoms with Gasteiger partial charge in [0.2, 0.25) is 0 Å². The van der Waals surface area contributed by atoms with Gasteiger partial charge in [-0.3, -0.25) is 4.79 Å². The number of ketones is 1. The lowest BCUT2D eigenvalue weighted by atomic mass is 9.65. The summed E-state index contributed by atoms with van der Waals surface area (Å²) in [5.41, 5.74) is 0. The molecule has 0 heterocycles. The van der Waals surface area contributed by atoms with Crippen LogP contribution in [0.5, 0.6) is 0 Å². The zero-order valence-corrected chi connectivity index (χ0v) is 9.46. The Bertz CT molecular complexity index is 219. The monoisotopic (exact) mass is 194 g/mol. The van der Waals surface area contributed by atoms with Crippen molar-refractivity contribution in [2.24, 2.45) is 23.7 Å². The summed E-state index contributed by atoms with van der Waals surface area (Å²) in [7, 11) is 0. The van der Waals surface area contributed by atoms with Gasteiger partial charge in [0.25, 0.3) is 0 Å². The number of Topliss-reactive ketones (excluding diaryl/α,β-unsaturated/α-hetero) is 1. The van der Waals surface area contributed by atoms with Gasteiger partial charge in [0.15, 0.2) is 0 Å². The standard InChI is InChI=1S/C13H22O/c1-9(2)10-3-4-12-8-13(14)6-5-11(12)7-10/h9-12H,3-8H2,1-2H3/t10?,11-,12-/m1/s1.